The minimum atomic E-state index is -3.35. The summed E-state index contributed by atoms with van der Waals surface area (Å²) in [4.78, 5) is 12.1. The first kappa shape index (κ1) is 18.0. The highest BCUT2D eigenvalue weighted by Gasteiger charge is 2.23. The molecule has 1 aromatic heterocycles. The highest BCUT2D eigenvalue weighted by atomic mass is 35.5. The molecule has 0 spiro atoms. The number of benzene rings is 1. The summed E-state index contributed by atoms with van der Waals surface area (Å²) in [5, 5.41) is 0.0805. The molecule has 7 heteroatoms. The van der Waals surface area contributed by atoms with Gasteiger partial charge in [-0.3, -0.25) is 4.79 Å². The zero-order valence-electron chi connectivity index (χ0n) is 14.2. The van der Waals surface area contributed by atoms with Crippen LogP contribution in [0.2, 0.25) is 5.02 Å². The van der Waals surface area contributed by atoms with E-state index in [1.54, 1.807) is 44.4 Å². The van der Waals surface area contributed by atoms with E-state index in [0.29, 0.717) is 29.4 Å². The van der Waals surface area contributed by atoms with Crippen LogP contribution >= 0.6 is 11.6 Å². The van der Waals surface area contributed by atoms with Crippen LogP contribution < -0.4 is 10.3 Å². The first-order valence-corrected chi connectivity index (χ1v) is 10.2. The maximum Gasteiger partial charge on any atom is 0.269 e. The molecule has 1 saturated carbocycles. The average molecular weight is 382 g/mol. The number of sulfone groups is 1. The van der Waals surface area contributed by atoms with Gasteiger partial charge in [0.2, 0.25) is 0 Å². The summed E-state index contributed by atoms with van der Waals surface area (Å²) in [5.41, 5.74) is 0.960. The Morgan fingerprint density at radius 3 is 2.60 bits per heavy atom. The first-order chi connectivity index (χ1) is 11.8. The number of hydrogen-bond acceptors (Lipinski definition) is 4. The van der Waals surface area contributed by atoms with Crippen LogP contribution in [-0.2, 0) is 16.9 Å². The molecule has 3 rings (SSSR count). The molecular formula is C18H20ClNO4S. The van der Waals surface area contributed by atoms with Crippen molar-refractivity contribution in [1.82, 2.24) is 4.57 Å². The van der Waals surface area contributed by atoms with E-state index in [9.17, 15) is 13.2 Å². The quantitative estimate of drug-likeness (QED) is 0.770. The standard InChI is InChI=1S/C18H20ClNO4S/c1-3-25(22,23)14-6-7-17(24-11-12-4-5-12)15(9-14)13-8-16(19)18(21)20(2)10-13/h6-10,12H,3-5,11H2,1-2H3. The van der Waals surface area contributed by atoms with Crippen molar-refractivity contribution in [2.75, 3.05) is 12.4 Å². The minimum Gasteiger partial charge on any atom is -0.493 e. The molecule has 1 fully saturated rings. The Hall–Kier alpha value is -1.79. The lowest BCUT2D eigenvalue weighted by Gasteiger charge is -2.14. The number of pyridine rings is 1. The number of hydrogen-bond donors (Lipinski definition) is 0. The Bertz CT molecular complexity index is 935. The summed E-state index contributed by atoms with van der Waals surface area (Å²) >= 11 is 6.02. The lowest BCUT2D eigenvalue weighted by molar-refractivity contribution is 0.301. The second kappa shape index (κ2) is 6.84. The fourth-order valence-corrected chi connectivity index (χ4v) is 3.69. The number of ether oxygens (including phenoxy) is 1. The summed E-state index contributed by atoms with van der Waals surface area (Å²) in [5.74, 6) is 1.18. The lowest BCUT2D eigenvalue weighted by atomic mass is 10.1. The van der Waals surface area contributed by atoms with E-state index in [-0.39, 0.29) is 21.2 Å². The van der Waals surface area contributed by atoms with Gasteiger partial charge in [-0.15, -0.1) is 0 Å². The molecule has 1 aliphatic carbocycles. The predicted octanol–water partition coefficient (Wildman–Crippen LogP) is 3.29. The molecular weight excluding hydrogens is 362 g/mol. The molecule has 0 N–H and O–H groups in total. The molecule has 1 heterocycles. The minimum absolute atomic E-state index is 0.0166. The summed E-state index contributed by atoms with van der Waals surface area (Å²) < 4.78 is 31.8. The third kappa shape index (κ3) is 3.90. The Kier molecular flexibility index (Phi) is 4.93. The van der Waals surface area contributed by atoms with E-state index in [1.165, 1.54) is 4.57 Å². The summed E-state index contributed by atoms with van der Waals surface area (Å²) in [6.07, 6.45) is 3.95. The van der Waals surface area contributed by atoms with Crippen molar-refractivity contribution in [3.63, 3.8) is 0 Å². The molecule has 5 nitrogen and oxygen atoms in total. The van der Waals surface area contributed by atoms with Crippen LogP contribution in [0.15, 0.2) is 40.2 Å². The van der Waals surface area contributed by atoms with Gasteiger partial charge in [0.05, 0.1) is 17.3 Å². The van der Waals surface area contributed by atoms with Crippen molar-refractivity contribution in [3.8, 4) is 16.9 Å². The molecule has 2 aromatic rings. The third-order valence-electron chi connectivity index (χ3n) is 4.31. The van der Waals surface area contributed by atoms with Gasteiger partial charge in [0.15, 0.2) is 9.84 Å². The van der Waals surface area contributed by atoms with Gasteiger partial charge in [0.1, 0.15) is 10.8 Å². The molecule has 0 aliphatic heterocycles. The van der Waals surface area contributed by atoms with Crippen molar-refractivity contribution in [2.45, 2.75) is 24.7 Å². The molecule has 0 bridgehead atoms. The largest absolute Gasteiger partial charge is 0.493 e. The zero-order chi connectivity index (χ0) is 18.2. The molecule has 0 amide bonds. The molecule has 0 radical (unpaired) electrons. The van der Waals surface area contributed by atoms with Crippen molar-refractivity contribution < 1.29 is 13.2 Å². The van der Waals surface area contributed by atoms with E-state index in [4.69, 9.17) is 16.3 Å². The summed E-state index contributed by atoms with van der Waals surface area (Å²) in [6.45, 7) is 2.21. The SMILES string of the molecule is CCS(=O)(=O)c1ccc(OCC2CC2)c(-c2cc(Cl)c(=O)n(C)c2)c1. The van der Waals surface area contributed by atoms with Gasteiger partial charge in [-0.1, -0.05) is 18.5 Å². The zero-order valence-corrected chi connectivity index (χ0v) is 15.7. The van der Waals surface area contributed by atoms with E-state index >= 15 is 0 Å². The maximum absolute atomic E-state index is 12.2. The Morgan fingerprint density at radius 1 is 1.28 bits per heavy atom. The van der Waals surface area contributed by atoms with Gasteiger partial charge >= 0.3 is 0 Å². The van der Waals surface area contributed by atoms with Crippen LogP contribution in [0.25, 0.3) is 11.1 Å². The third-order valence-corrected chi connectivity index (χ3v) is 6.32. The van der Waals surface area contributed by atoms with Crippen LogP contribution in [0.1, 0.15) is 19.8 Å². The monoisotopic (exact) mass is 381 g/mol. The van der Waals surface area contributed by atoms with E-state index in [1.807, 2.05) is 0 Å². The fourth-order valence-electron chi connectivity index (χ4n) is 2.53. The van der Waals surface area contributed by atoms with Crippen LogP contribution in [0, 0.1) is 5.92 Å². The lowest BCUT2D eigenvalue weighted by Crippen LogP contribution is -2.16. The van der Waals surface area contributed by atoms with E-state index < -0.39 is 9.84 Å². The maximum atomic E-state index is 12.2. The normalized spacial score (nSPS) is 14.5. The van der Waals surface area contributed by atoms with Gasteiger partial charge in [-0.2, -0.15) is 0 Å². The van der Waals surface area contributed by atoms with Crippen LogP contribution in [0.4, 0.5) is 0 Å². The van der Waals surface area contributed by atoms with E-state index in [0.717, 1.165) is 12.8 Å². The molecule has 1 aromatic carbocycles. The van der Waals surface area contributed by atoms with Crippen LogP contribution in [0.3, 0.4) is 0 Å². The van der Waals surface area contributed by atoms with Gasteiger partial charge < -0.3 is 9.30 Å². The summed E-state index contributed by atoms with van der Waals surface area (Å²) in [7, 11) is -1.74. The second-order valence-electron chi connectivity index (χ2n) is 6.31. The second-order valence-corrected chi connectivity index (χ2v) is 8.99. The molecule has 134 valence electrons. The Morgan fingerprint density at radius 2 is 2.00 bits per heavy atom. The molecule has 1 aliphatic rings. The molecule has 0 atom stereocenters. The number of halogens is 1. The number of aryl methyl sites for hydroxylation is 1. The van der Waals surface area contributed by atoms with Crippen molar-refractivity contribution in [3.05, 3.63) is 45.8 Å². The van der Waals surface area contributed by atoms with Gasteiger partial charge in [-0.25, -0.2) is 8.42 Å². The van der Waals surface area contributed by atoms with Crippen molar-refractivity contribution >= 4 is 21.4 Å². The number of aromatic nitrogens is 1. The Labute approximate surface area is 152 Å². The Balaban J connectivity index is 2.12. The summed E-state index contributed by atoms with van der Waals surface area (Å²) in [6, 6.07) is 6.39. The van der Waals surface area contributed by atoms with Crippen LogP contribution in [0.5, 0.6) is 5.75 Å². The van der Waals surface area contributed by atoms with E-state index in [2.05, 4.69) is 0 Å². The smallest absolute Gasteiger partial charge is 0.269 e. The van der Waals surface area contributed by atoms with Gasteiger partial charge in [0, 0.05) is 24.4 Å². The highest BCUT2D eigenvalue weighted by molar-refractivity contribution is 7.91. The average Bonchev–Trinajstić information content (AvgIpc) is 3.41. The molecule has 25 heavy (non-hydrogen) atoms. The topological polar surface area (TPSA) is 65.4 Å². The predicted molar refractivity (Wildman–Crippen MR) is 98.1 cm³/mol. The first-order valence-electron chi connectivity index (χ1n) is 8.18. The molecule has 0 saturated heterocycles. The molecule has 0 unspecified atom stereocenters. The number of rotatable bonds is 6. The highest BCUT2D eigenvalue weighted by Crippen LogP contribution is 2.35. The van der Waals surface area contributed by atoms with Crippen molar-refractivity contribution in [2.24, 2.45) is 13.0 Å². The van der Waals surface area contributed by atoms with Gasteiger partial charge in [-0.05, 0) is 43.0 Å². The van der Waals surface area contributed by atoms with Gasteiger partial charge in [0.25, 0.3) is 5.56 Å². The van der Waals surface area contributed by atoms with Crippen LogP contribution in [-0.4, -0.2) is 25.3 Å². The van der Waals surface area contributed by atoms with Crippen molar-refractivity contribution in [1.29, 1.82) is 0 Å². The fraction of sp³-hybridized carbons (Fsp3) is 0.389. The number of nitrogens with zero attached hydrogens (tertiary/aromatic N) is 1.